The van der Waals surface area contributed by atoms with Crippen molar-refractivity contribution >= 4 is 22.6 Å². The van der Waals surface area contributed by atoms with Gasteiger partial charge < -0.3 is 19.3 Å². The van der Waals surface area contributed by atoms with Crippen LogP contribution in [0.4, 0.5) is 0 Å². The van der Waals surface area contributed by atoms with Crippen LogP contribution in [0, 0.1) is 0 Å². The molecule has 32 heavy (non-hydrogen) atoms. The summed E-state index contributed by atoms with van der Waals surface area (Å²) >= 11 is 0. The molecule has 2 aliphatic rings. The van der Waals surface area contributed by atoms with Crippen LogP contribution >= 0.6 is 0 Å². The van der Waals surface area contributed by atoms with E-state index in [0.29, 0.717) is 48.5 Å². The largest absolute Gasteiger partial charge is 0.485 e. The number of aryl methyl sites for hydroxylation is 1. The molecule has 0 unspecified atom stereocenters. The summed E-state index contributed by atoms with van der Waals surface area (Å²) in [5.74, 6) is 0.773. The van der Waals surface area contributed by atoms with Gasteiger partial charge in [0.1, 0.15) is 6.61 Å². The SMILES string of the molecule is Cn1nc(C(=O)N2CCN(C(=O)[C@H]3COc4ccccc4O3)CC2)c2ccccc2c1=O. The van der Waals surface area contributed by atoms with Gasteiger partial charge in [0.15, 0.2) is 17.2 Å². The van der Waals surface area contributed by atoms with E-state index in [2.05, 4.69) is 5.10 Å². The number of hydrogen-bond acceptors (Lipinski definition) is 6. The Kier molecular flexibility index (Phi) is 5.01. The van der Waals surface area contributed by atoms with E-state index in [0.717, 1.165) is 0 Å². The summed E-state index contributed by atoms with van der Waals surface area (Å²) in [5.41, 5.74) is -0.00746. The number of piperazine rings is 1. The highest BCUT2D eigenvalue weighted by Crippen LogP contribution is 2.31. The minimum absolute atomic E-state index is 0.155. The Morgan fingerprint density at radius 3 is 2.28 bits per heavy atom. The summed E-state index contributed by atoms with van der Waals surface area (Å²) in [6, 6.07) is 14.2. The molecule has 0 spiro atoms. The molecule has 5 rings (SSSR count). The van der Waals surface area contributed by atoms with Crippen molar-refractivity contribution in [3.63, 3.8) is 0 Å². The average molecular weight is 434 g/mol. The number of fused-ring (bicyclic) bond motifs is 2. The lowest BCUT2D eigenvalue weighted by Gasteiger charge is -2.37. The van der Waals surface area contributed by atoms with E-state index in [4.69, 9.17) is 9.47 Å². The van der Waals surface area contributed by atoms with Gasteiger partial charge in [0.25, 0.3) is 17.4 Å². The van der Waals surface area contributed by atoms with Crippen LogP contribution in [0.2, 0.25) is 0 Å². The minimum atomic E-state index is -0.707. The zero-order valence-electron chi connectivity index (χ0n) is 17.6. The van der Waals surface area contributed by atoms with Crippen molar-refractivity contribution in [1.29, 1.82) is 0 Å². The summed E-state index contributed by atoms with van der Waals surface area (Å²) in [7, 11) is 1.53. The number of aromatic nitrogens is 2. The molecule has 9 nitrogen and oxygen atoms in total. The molecule has 1 fully saturated rings. The molecule has 3 heterocycles. The van der Waals surface area contributed by atoms with E-state index in [9.17, 15) is 14.4 Å². The van der Waals surface area contributed by atoms with E-state index >= 15 is 0 Å². The van der Waals surface area contributed by atoms with Crippen LogP contribution in [0.5, 0.6) is 11.5 Å². The number of hydrogen-bond donors (Lipinski definition) is 0. The molecule has 0 bridgehead atoms. The van der Waals surface area contributed by atoms with Gasteiger partial charge in [-0.25, -0.2) is 4.68 Å². The molecule has 0 N–H and O–H groups in total. The van der Waals surface area contributed by atoms with Gasteiger partial charge in [-0.15, -0.1) is 0 Å². The molecule has 1 saturated heterocycles. The van der Waals surface area contributed by atoms with Gasteiger partial charge in [-0.2, -0.15) is 5.10 Å². The predicted molar refractivity (Wildman–Crippen MR) is 116 cm³/mol. The molecular weight excluding hydrogens is 412 g/mol. The van der Waals surface area contributed by atoms with Crippen molar-refractivity contribution in [2.45, 2.75) is 6.10 Å². The fourth-order valence-electron chi connectivity index (χ4n) is 4.08. The first-order chi connectivity index (χ1) is 15.5. The lowest BCUT2D eigenvalue weighted by atomic mass is 10.1. The summed E-state index contributed by atoms with van der Waals surface area (Å²) in [4.78, 5) is 41.8. The van der Waals surface area contributed by atoms with Crippen molar-refractivity contribution in [2.75, 3.05) is 32.8 Å². The Hall–Kier alpha value is -3.88. The van der Waals surface area contributed by atoms with E-state index in [1.165, 1.54) is 11.7 Å². The van der Waals surface area contributed by atoms with Crippen LogP contribution in [0.3, 0.4) is 0 Å². The number of para-hydroxylation sites is 2. The van der Waals surface area contributed by atoms with E-state index in [-0.39, 0.29) is 29.7 Å². The first kappa shape index (κ1) is 20.0. The van der Waals surface area contributed by atoms with Gasteiger partial charge in [-0.3, -0.25) is 14.4 Å². The molecule has 1 atom stereocenters. The Morgan fingerprint density at radius 2 is 1.53 bits per heavy atom. The van der Waals surface area contributed by atoms with Crippen molar-refractivity contribution in [3.8, 4) is 11.5 Å². The maximum atomic E-state index is 13.2. The van der Waals surface area contributed by atoms with Crippen LogP contribution in [0.15, 0.2) is 53.3 Å². The summed E-state index contributed by atoms with van der Waals surface area (Å²) in [6.07, 6.45) is -0.707. The van der Waals surface area contributed by atoms with Crippen LogP contribution in [-0.4, -0.2) is 70.3 Å². The smallest absolute Gasteiger partial charge is 0.275 e. The van der Waals surface area contributed by atoms with Crippen LogP contribution in [0.25, 0.3) is 10.8 Å². The van der Waals surface area contributed by atoms with Gasteiger partial charge in [-0.1, -0.05) is 30.3 Å². The Bertz CT molecular complexity index is 1260. The highest BCUT2D eigenvalue weighted by molar-refractivity contribution is 6.04. The zero-order chi connectivity index (χ0) is 22.2. The monoisotopic (exact) mass is 434 g/mol. The first-order valence-corrected chi connectivity index (χ1v) is 10.5. The first-order valence-electron chi connectivity index (χ1n) is 10.5. The molecule has 0 aliphatic carbocycles. The molecule has 2 aromatic carbocycles. The number of nitrogens with zero attached hydrogens (tertiary/aromatic N) is 4. The molecule has 1 aromatic heterocycles. The predicted octanol–water partition coefficient (Wildman–Crippen LogP) is 1.06. The van der Waals surface area contributed by atoms with Gasteiger partial charge >= 0.3 is 0 Å². The lowest BCUT2D eigenvalue weighted by molar-refractivity contribution is -0.142. The molecule has 3 aromatic rings. The normalized spacial score (nSPS) is 18.0. The lowest BCUT2D eigenvalue weighted by Crippen LogP contribution is -2.55. The molecule has 2 amide bonds. The maximum absolute atomic E-state index is 13.2. The summed E-state index contributed by atoms with van der Waals surface area (Å²) < 4.78 is 12.7. The highest BCUT2D eigenvalue weighted by atomic mass is 16.6. The van der Waals surface area contributed by atoms with Crippen molar-refractivity contribution in [3.05, 3.63) is 64.6 Å². The number of rotatable bonds is 2. The van der Waals surface area contributed by atoms with Crippen molar-refractivity contribution < 1.29 is 19.1 Å². The molecular formula is C23H22N4O5. The number of carbonyl (C=O) groups excluding carboxylic acids is 2. The molecule has 0 saturated carbocycles. The fourth-order valence-corrected chi connectivity index (χ4v) is 4.08. The third-order valence-electron chi connectivity index (χ3n) is 5.82. The number of carbonyl (C=O) groups is 2. The Balaban J connectivity index is 1.28. The van der Waals surface area contributed by atoms with Crippen LogP contribution in [-0.2, 0) is 11.8 Å². The van der Waals surface area contributed by atoms with Gasteiger partial charge in [0.05, 0.1) is 5.39 Å². The van der Waals surface area contributed by atoms with E-state index < -0.39 is 6.10 Å². The quantitative estimate of drug-likeness (QED) is 0.599. The third kappa shape index (κ3) is 3.45. The second kappa shape index (κ2) is 7.99. The second-order valence-electron chi connectivity index (χ2n) is 7.80. The van der Waals surface area contributed by atoms with Crippen molar-refractivity contribution in [2.24, 2.45) is 7.05 Å². The number of ether oxygens (including phenoxy) is 2. The maximum Gasteiger partial charge on any atom is 0.275 e. The van der Waals surface area contributed by atoms with Crippen LogP contribution in [0.1, 0.15) is 10.5 Å². The van der Waals surface area contributed by atoms with Crippen LogP contribution < -0.4 is 15.0 Å². The van der Waals surface area contributed by atoms with Gasteiger partial charge in [0.2, 0.25) is 6.10 Å². The fraction of sp³-hybridized carbons (Fsp3) is 0.304. The standard InChI is InChI=1S/C23H22N4O5/c1-25-21(28)16-7-3-2-6-15(16)20(24-25)23(30)27-12-10-26(11-13-27)22(29)19-14-31-17-8-4-5-9-18(17)32-19/h2-9,19H,10-14H2,1H3/t19-/m1/s1. The van der Waals surface area contributed by atoms with Gasteiger partial charge in [0, 0.05) is 38.6 Å². The van der Waals surface area contributed by atoms with E-state index in [1.54, 1.807) is 46.2 Å². The molecule has 9 heteroatoms. The van der Waals surface area contributed by atoms with Gasteiger partial charge in [-0.05, 0) is 18.2 Å². The molecule has 2 aliphatic heterocycles. The Labute approximate surface area is 183 Å². The highest BCUT2D eigenvalue weighted by Gasteiger charge is 2.34. The topological polar surface area (TPSA) is 94.0 Å². The minimum Gasteiger partial charge on any atom is -0.485 e. The third-order valence-corrected chi connectivity index (χ3v) is 5.82. The summed E-state index contributed by atoms with van der Waals surface area (Å²) in [5, 5.41) is 5.21. The second-order valence-corrected chi connectivity index (χ2v) is 7.80. The Morgan fingerprint density at radius 1 is 0.906 bits per heavy atom. The average Bonchev–Trinajstić information content (AvgIpc) is 2.85. The molecule has 0 radical (unpaired) electrons. The zero-order valence-corrected chi connectivity index (χ0v) is 17.6. The van der Waals surface area contributed by atoms with Crippen molar-refractivity contribution in [1.82, 2.24) is 19.6 Å². The number of benzene rings is 2. The number of amides is 2. The van der Waals surface area contributed by atoms with E-state index in [1.807, 2.05) is 12.1 Å². The molecule has 164 valence electrons. The summed E-state index contributed by atoms with van der Waals surface area (Å²) in [6.45, 7) is 1.66.